The van der Waals surface area contributed by atoms with Crippen LogP contribution >= 0.6 is 23.5 Å². The number of nitrogens with one attached hydrogen (secondary N) is 2. The summed E-state index contributed by atoms with van der Waals surface area (Å²) in [4.78, 5) is 0. The zero-order valence-electron chi connectivity index (χ0n) is 7.47. The third kappa shape index (κ3) is 6.17. The predicted octanol–water partition coefficient (Wildman–Crippen LogP) is 0.993. The summed E-state index contributed by atoms with van der Waals surface area (Å²) >= 11 is 4.04. The Balaban J connectivity index is 2.00. The average molecular weight is 206 g/mol. The second-order valence-electron chi connectivity index (χ2n) is 2.77. The van der Waals surface area contributed by atoms with Crippen LogP contribution in [0.25, 0.3) is 0 Å². The van der Waals surface area contributed by atoms with Crippen molar-refractivity contribution in [2.45, 2.75) is 6.42 Å². The Hall–Kier alpha value is 0.620. The summed E-state index contributed by atoms with van der Waals surface area (Å²) in [6, 6.07) is 0. The fraction of sp³-hybridized carbons (Fsp3) is 1.00. The van der Waals surface area contributed by atoms with Crippen LogP contribution in [-0.4, -0.2) is 42.8 Å². The Kier molecular flexibility index (Phi) is 7.34. The molecule has 72 valence electrons. The highest BCUT2D eigenvalue weighted by Crippen LogP contribution is 2.01. The predicted molar refractivity (Wildman–Crippen MR) is 60.1 cm³/mol. The first-order valence-corrected chi connectivity index (χ1v) is 6.88. The van der Waals surface area contributed by atoms with Crippen molar-refractivity contribution in [2.75, 3.05) is 42.8 Å². The zero-order valence-corrected chi connectivity index (χ0v) is 9.11. The SMILES string of the molecule is C1CNCCSCCNCSC1. The first-order chi connectivity index (χ1) is 6.00. The second-order valence-corrected chi connectivity index (χ2v) is 5.10. The van der Waals surface area contributed by atoms with Gasteiger partial charge in [0.2, 0.25) is 0 Å². The van der Waals surface area contributed by atoms with E-state index in [2.05, 4.69) is 10.6 Å². The Labute approximate surface area is 83.6 Å². The van der Waals surface area contributed by atoms with Crippen LogP contribution in [0.4, 0.5) is 0 Å². The average Bonchev–Trinajstić information content (AvgIpc) is 2.05. The van der Waals surface area contributed by atoms with Gasteiger partial charge in [0.15, 0.2) is 0 Å². The molecule has 0 bridgehead atoms. The molecule has 1 saturated heterocycles. The van der Waals surface area contributed by atoms with E-state index in [4.69, 9.17) is 0 Å². The van der Waals surface area contributed by atoms with E-state index >= 15 is 0 Å². The zero-order chi connectivity index (χ0) is 8.49. The van der Waals surface area contributed by atoms with Crippen LogP contribution in [0.3, 0.4) is 0 Å². The van der Waals surface area contributed by atoms with Gasteiger partial charge in [-0.2, -0.15) is 11.8 Å². The summed E-state index contributed by atoms with van der Waals surface area (Å²) in [5, 5.41) is 6.87. The lowest BCUT2D eigenvalue weighted by Crippen LogP contribution is -2.22. The van der Waals surface area contributed by atoms with Crippen molar-refractivity contribution < 1.29 is 0 Å². The van der Waals surface area contributed by atoms with Gasteiger partial charge in [-0.15, -0.1) is 11.8 Å². The molecule has 1 aliphatic heterocycles. The van der Waals surface area contributed by atoms with Crippen LogP contribution in [0.1, 0.15) is 6.42 Å². The smallest absolute Gasteiger partial charge is 0.0418 e. The Bertz CT molecular complexity index is 58.0. The summed E-state index contributed by atoms with van der Waals surface area (Å²) in [6.07, 6.45) is 1.30. The third-order valence-corrected chi connectivity index (χ3v) is 3.66. The van der Waals surface area contributed by atoms with Gasteiger partial charge < -0.3 is 10.6 Å². The van der Waals surface area contributed by atoms with E-state index in [0.29, 0.717) is 0 Å². The van der Waals surface area contributed by atoms with Gasteiger partial charge in [-0.3, -0.25) is 0 Å². The van der Waals surface area contributed by atoms with Crippen molar-refractivity contribution in [3.63, 3.8) is 0 Å². The molecule has 1 rings (SSSR count). The lowest BCUT2D eigenvalue weighted by atomic mass is 10.5. The van der Waals surface area contributed by atoms with Gasteiger partial charge in [0, 0.05) is 30.5 Å². The van der Waals surface area contributed by atoms with Crippen molar-refractivity contribution in [1.82, 2.24) is 10.6 Å². The molecule has 0 radical (unpaired) electrons. The molecular formula is C8H18N2S2. The molecule has 0 unspecified atom stereocenters. The van der Waals surface area contributed by atoms with Crippen molar-refractivity contribution in [1.29, 1.82) is 0 Å². The third-order valence-electron chi connectivity index (χ3n) is 1.69. The van der Waals surface area contributed by atoms with Crippen LogP contribution < -0.4 is 10.6 Å². The molecule has 2 nitrogen and oxygen atoms in total. The topological polar surface area (TPSA) is 24.1 Å². The Morgan fingerprint density at radius 3 is 2.50 bits per heavy atom. The van der Waals surface area contributed by atoms with Crippen molar-refractivity contribution in [3.8, 4) is 0 Å². The first kappa shape index (κ1) is 10.7. The summed E-state index contributed by atoms with van der Waals surface area (Å²) in [5.41, 5.74) is 0. The molecule has 0 amide bonds. The van der Waals surface area contributed by atoms with Gasteiger partial charge in [0.05, 0.1) is 0 Å². The lowest BCUT2D eigenvalue weighted by Gasteiger charge is -2.08. The molecule has 0 aromatic rings. The summed E-state index contributed by atoms with van der Waals surface area (Å²) < 4.78 is 0. The van der Waals surface area contributed by atoms with Crippen molar-refractivity contribution >= 4 is 23.5 Å². The van der Waals surface area contributed by atoms with E-state index in [1.54, 1.807) is 0 Å². The fourth-order valence-electron chi connectivity index (χ4n) is 1.03. The van der Waals surface area contributed by atoms with Gasteiger partial charge in [0.1, 0.15) is 0 Å². The molecule has 0 aromatic heterocycles. The highest BCUT2D eigenvalue weighted by molar-refractivity contribution is 7.99. The molecule has 1 heterocycles. The number of hydrogen-bond donors (Lipinski definition) is 2. The Morgan fingerprint density at radius 2 is 1.58 bits per heavy atom. The minimum atomic E-state index is 1.13. The second kappa shape index (κ2) is 8.23. The van der Waals surface area contributed by atoms with Gasteiger partial charge >= 0.3 is 0 Å². The number of hydrogen-bond acceptors (Lipinski definition) is 4. The summed E-state index contributed by atoms with van der Waals surface area (Å²) in [5.74, 6) is 4.92. The first-order valence-electron chi connectivity index (χ1n) is 4.57. The van der Waals surface area contributed by atoms with E-state index in [-0.39, 0.29) is 0 Å². The minimum absolute atomic E-state index is 1.13. The van der Waals surface area contributed by atoms with E-state index in [9.17, 15) is 0 Å². The Morgan fingerprint density at radius 1 is 0.750 bits per heavy atom. The van der Waals surface area contributed by atoms with Crippen LogP contribution in [0, 0.1) is 0 Å². The normalized spacial score (nSPS) is 24.0. The van der Waals surface area contributed by atoms with E-state index < -0.39 is 0 Å². The van der Waals surface area contributed by atoms with Crippen molar-refractivity contribution in [2.24, 2.45) is 0 Å². The van der Waals surface area contributed by atoms with Gasteiger partial charge in [-0.1, -0.05) is 0 Å². The van der Waals surface area contributed by atoms with Crippen LogP contribution in [0.5, 0.6) is 0 Å². The van der Waals surface area contributed by atoms with Gasteiger partial charge in [-0.05, 0) is 18.7 Å². The quantitative estimate of drug-likeness (QED) is 0.617. The molecule has 0 saturated carbocycles. The molecule has 0 atom stereocenters. The molecular weight excluding hydrogens is 188 g/mol. The highest BCUT2D eigenvalue weighted by Gasteiger charge is 1.94. The van der Waals surface area contributed by atoms with E-state index in [1.165, 1.54) is 36.8 Å². The highest BCUT2D eigenvalue weighted by atomic mass is 32.2. The fourth-order valence-corrected chi connectivity index (χ4v) is 2.59. The molecule has 1 fully saturated rings. The number of thioether (sulfide) groups is 2. The standard InChI is InChI=1S/C8H18N2S2/c1-2-9-3-6-11-7-4-10-8-12-5-1/h9-10H,1-8H2. The minimum Gasteiger partial charge on any atom is -0.316 e. The van der Waals surface area contributed by atoms with Crippen LogP contribution in [0.2, 0.25) is 0 Å². The van der Waals surface area contributed by atoms with Crippen molar-refractivity contribution in [3.05, 3.63) is 0 Å². The molecule has 4 heteroatoms. The number of rotatable bonds is 0. The van der Waals surface area contributed by atoms with Crippen LogP contribution in [0.15, 0.2) is 0 Å². The van der Waals surface area contributed by atoms with Crippen LogP contribution in [-0.2, 0) is 0 Å². The van der Waals surface area contributed by atoms with Gasteiger partial charge in [0.25, 0.3) is 0 Å². The molecule has 0 aromatic carbocycles. The molecule has 1 aliphatic rings. The largest absolute Gasteiger partial charge is 0.316 e. The molecule has 12 heavy (non-hydrogen) atoms. The molecule has 2 N–H and O–H groups in total. The van der Waals surface area contributed by atoms with E-state index in [1.807, 2.05) is 23.5 Å². The maximum absolute atomic E-state index is 3.45. The van der Waals surface area contributed by atoms with E-state index in [0.717, 1.165) is 12.4 Å². The summed E-state index contributed by atoms with van der Waals surface area (Å²) in [7, 11) is 0. The lowest BCUT2D eigenvalue weighted by molar-refractivity contribution is 0.709. The summed E-state index contributed by atoms with van der Waals surface area (Å²) in [6.45, 7) is 3.53. The molecule has 0 aliphatic carbocycles. The maximum Gasteiger partial charge on any atom is 0.0418 e. The molecule has 0 spiro atoms. The monoisotopic (exact) mass is 206 g/mol. The van der Waals surface area contributed by atoms with Gasteiger partial charge in [-0.25, -0.2) is 0 Å². The maximum atomic E-state index is 3.45.